The summed E-state index contributed by atoms with van der Waals surface area (Å²) in [6.07, 6.45) is 0. The van der Waals surface area contributed by atoms with Gasteiger partial charge in [-0.1, -0.05) is 66.2 Å². The van der Waals surface area contributed by atoms with Crippen LogP contribution in [0.4, 0.5) is 5.69 Å². The van der Waals surface area contributed by atoms with E-state index < -0.39 is 0 Å². The number of rotatable bonds is 11. The van der Waals surface area contributed by atoms with E-state index >= 15 is 0 Å². The summed E-state index contributed by atoms with van der Waals surface area (Å²) in [6.45, 7) is 4.96. The molecule has 184 valence electrons. The Morgan fingerprint density at radius 1 is 0.886 bits per heavy atom. The molecule has 0 aliphatic heterocycles. The quantitative estimate of drug-likeness (QED) is 0.404. The Hall–Kier alpha value is -3.19. The molecule has 3 rings (SSSR count). The van der Waals surface area contributed by atoms with Crippen LogP contribution in [0.5, 0.6) is 0 Å². The molecule has 0 saturated carbocycles. The average molecular weight is 494 g/mol. The molecule has 1 atom stereocenters. The number of nitrogens with one attached hydrogen (secondary N) is 2. The molecule has 0 aliphatic rings. The Balaban J connectivity index is 1.70. The highest BCUT2D eigenvalue weighted by molar-refractivity contribution is 6.30. The fraction of sp³-hybridized carbons (Fsp3) is 0.286. The van der Waals surface area contributed by atoms with Crippen molar-refractivity contribution in [1.29, 1.82) is 0 Å². The first-order valence-electron chi connectivity index (χ1n) is 11.5. The normalized spacial score (nSPS) is 11.8. The van der Waals surface area contributed by atoms with Crippen LogP contribution in [0, 0.1) is 13.8 Å². The molecule has 0 saturated heterocycles. The van der Waals surface area contributed by atoms with Crippen molar-refractivity contribution in [1.82, 2.24) is 10.2 Å². The summed E-state index contributed by atoms with van der Waals surface area (Å²) in [4.78, 5) is 27.7. The smallest absolute Gasteiger partial charge is 0.238 e. The van der Waals surface area contributed by atoms with Gasteiger partial charge < -0.3 is 15.4 Å². The molecule has 0 radical (unpaired) electrons. The third kappa shape index (κ3) is 7.92. The van der Waals surface area contributed by atoms with Crippen LogP contribution in [0.15, 0.2) is 72.8 Å². The topological polar surface area (TPSA) is 70.7 Å². The zero-order valence-corrected chi connectivity index (χ0v) is 21.1. The van der Waals surface area contributed by atoms with Gasteiger partial charge in [0, 0.05) is 24.4 Å². The van der Waals surface area contributed by atoms with Crippen molar-refractivity contribution in [3.63, 3.8) is 0 Å². The van der Waals surface area contributed by atoms with Gasteiger partial charge in [0.2, 0.25) is 11.8 Å². The number of methoxy groups -OCH3 is 1. The van der Waals surface area contributed by atoms with Crippen LogP contribution in [0.1, 0.15) is 28.3 Å². The van der Waals surface area contributed by atoms with Crippen molar-refractivity contribution in [3.8, 4) is 0 Å². The Kier molecular flexibility index (Phi) is 9.85. The van der Waals surface area contributed by atoms with Crippen molar-refractivity contribution in [2.24, 2.45) is 0 Å². The molecule has 3 aromatic rings. The number of carbonyl (C=O) groups excluding carboxylic acids is 2. The summed E-state index contributed by atoms with van der Waals surface area (Å²) < 4.78 is 5.20. The molecular formula is C28H32ClN3O3. The average Bonchev–Trinajstić information content (AvgIpc) is 2.85. The molecule has 35 heavy (non-hydrogen) atoms. The second kappa shape index (κ2) is 13.0. The fourth-order valence-corrected chi connectivity index (χ4v) is 3.91. The Morgan fingerprint density at radius 2 is 1.54 bits per heavy atom. The number of amides is 2. The van der Waals surface area contributed by atoms with Crippen molar-refractivity contribution >= 4 is 29.1 Å². The molecule has 0 fully saturated rings. The van der Waals surface area contributed by atoms with Gasteiger partial charge in [-0.15, -0.1) is 0 Å². The maximum absolute atomic E-state index is 13.1. The van der Waals surface area contributed by atoms with Gasteiger partial charge in [-0.25, -0.2) is 0 Å². The Morgan fingerprint density at radius 3 is 2.23 bits per heavy atom. The number of carbonyl (C=O) groups is 2. The summed E-state index contributed by atoms with van der Waals surface area (Å²) in [7, 11) is 1.60. The molecular weight excluding hydrogens is 462 g/mol. The minimum Gasteiger partial charge on any atom is -0.383 e. The monoisotopic (exact) mass is 493 g/mol. The van der Waals surface area contributed by atoms with Gasteiger partial charge >= 0.3 is 0 Å². The number of halogens is 1. The maximum Gasteiger partial charge on any atom is 0.238 e. The van der Waals surface area contributed by atoms with Gasteiger partial charge in [0.25, 0.3) is 0 Å². The van der Waals surface area contributed by atoms with Crippen molar-refractivity contribution in [2.75, 3.05) is 38.7 Å². The van der Waals surface area contributed by atoms with Crippen LogP contribution >= 0.6 is 11.6 Å². The van der Waals surface area contributed by atoms with Crippen molar-refractivity contribution < 1.29 is 14.3 Å². The molecule has 0 spiro atoms. The number of benzene rings is 3. The SMILES string of the molecule is COCCN(CC(=O)Nc1cccc(C)c1C)CC(=O)NC(c1ccccc1)c1ccc(Cl)cc1. The minimum absolute atomic E-state index is 0.0561. The zero-order valence-electron chi connectivity index (χ0n) is 20.4. The van der Waals surface area contributed by atoms with Crippen molar-refractivity contribution in [2.45, 2.75) is 19.9 Å². The van der Waals surface area contributed by atoms with Gasteiger partial charge in [0.1, 0.15) is 0 Å². The predicted molar refractivity (Wildman–Crippen MR) is 141 cm³/mol. The van der Waals surface area contributed by atoms with Gasteiger partial charge in [0.15, 0.2) is 0 Å². The first kappa shape index (κ1) is 26.4. The molecule has 1 unspecified atom stereocenters. The number of aryl methyl sites for hydroxylation is 1. The summed E-state index contributed by atoms with van der Waals surface area (Å²) in [6, 6.07) is 22.6. The van der Waals surface area contributed by atoms with Gasteiger partial charge in [-0.3, -0.25) is 14.5 Å². The maximum atomic E-state index is 13.1. The van der Waals surface area contributed by atoms with E-state index in [1.807, 2.05) is 86.6 Å². The van der Waals surface area contributed by atoms with E-state index in [-0.39, 0.29) is 30.9 Å². The van der Waals surface area contributed by atoms with Crippen LogP contribution in [0.3, 0.4) is 0 Å². The molecule has 0 bridgehead atoms. The standard InChI is InChI=1S/C28H32ClN3O3/c1-20-8-7-11-25(21(20)2)30-26(33)18-32(16-17-35-3)19-27(34)31-28(22-9-5-4-6-10-22)23-12-14-24(29)15-13-23/h4-15,28H,16-19H2,1-3H3,(H,30,33)(H,31,34). The number of hydrogen-bond donors (Lipinski definition) is 2. The lowest BCUT2D eigenvalue weighted by Gasteiger charge is -2.24. The number of nitrogens with zero attached hydrogens (tertiary/aromatic N) is 1. The van der Waals surface area contributed by atoms with E-state index in [1.165, 1.54) is 0 Å². The van der Waals surface area contributed by atoms with Crippen molar-refractivity contribution in [3.05, 3.63) is 100 Å². The molecule has 0 aromatic heterocycles. The van der Waals surface area contributed by atoms with E-state index in [0.717, 1.165) is 27.9 Å². The minimum atomic E-state index is -0.339. The first-order valence-corrected chi connectivity index (χ1v) is 11.9. The lowest BCUT2D eigenvalue weighted by atomic mass is 9.98. The summed E-state index contributed by atoms with van der Waals surface area (Å²) in [5.41, 5.74) is 4.78. The fourth-order valence-electron chi connectivity index (χ4n) is 3.78. The molecule has 3 aromatic carbocycles. The zero-order chi connectivity index (χ0) is 25.2. The summed E-state index contributed by atoms with van der Waals surface area (Å²) in [5.74, 6) is -0.371. The van der Waals surface area contributed by atoms with Crippen LogP contribution in [-0.2, 0) is 14.3 Å². The van der Waals surface area contributed by atoms with E-state index in [1.54, 1.807) is 12.0 Å². The van der Waals surface area contributed by atoms with Crippen LogP contribution in [0.2, 0.25) is 5.02 Å². The number of hydrogen-bond acceptors (Lipinski definition) is 4. The van der Waals surface area contributed by atoms with E-state index in [4.69, 9.17) is 16.3 Å². The number of anilines is 1. The number of ether oxygens (including phenoxy) is 1. The molecule has 7 heteroatoms. The second-order valence-electron chi connectivity index (χ2n) is 8.46. The molecule has 0 heterocycles. The Labute approximate surface area is 212 Å². The van der Waals surface area contributed by atoms with E-state index in [9.17, 15) is 9.59 Å². The predicted octanol–water partition coefficient (Wildman–Crippen LogP) is 4.75. The molecule has 6 nitrogen and oxygen atoms in total. The molecule has 0 aliphatic carbocycles. The van der Waals surface area contributed by atoms with Crippen LogP contribution < -0.4 is 10.6 Å². The molecule has 2 amide bonds. The third-order valence-corrected chi connectivity index (χ3v) is 6.12. The third-order valence-electron chi connectivity index (χ3n) is 5.87. The lowest BCUT2D eigenvalue weighted by molar-refractivity contribution is -0.124. The lowest BCUT2D eigenvalue weighted by Crippen LogP contribution is -2.43. The van der Waals surface area contributed by atoms with Gasteiger partial charge in [-0.05, 0) is 54.3 Å². The van der Waals surface area contributed by atoms with E-state index in [0.29, 0.717) is 18.2 Å². The highest BCUT2D eigenvalue weighted by atomic mass is 35.5. The Bertz CT molecular complexity index is 1120. The van der Waals surface area contributed by atoms with Crippen LogP contribution in [-0.4, -0.2) is 50.1 Å². The highest BCUT2D eigenvalue weighted by Gasteiger charge is 2.20. The first-order chi connectivity index (χ1) is 16.9. The highest BCUT2D eigenvalue weighted by Crippen LogP contribution is 2.23. The second-order valence-corrected chi connectivity index (χ2v) is 8.90. The van der Waals surface area contributed by atoms with E-state index in [2.05, 4.69) is 10.6 Å². The van der Waals surface area contributed by atoms with Crippen LogP contribution in [0.25, 0.3) is 0 Å². The summed E-state index contributed by atoms with van der Waals surface area (Å²) >= 11 is 6.07. The summed E-state index contributed by atoms with van der Waals surface area (Å²) in [5, 5.41) is 6.71. The largest absolute Gasteiger partial charge is 0.383 e. The molecule has 2 N–H and O–H groups in total. The van der Waals surface area contributed by atoms with Gasteiger partial charge in [-0.2, -0.15) is 0 Å². The van der Waals surface area contributed by atoms with Gasteiger partial charge in [0.05, 0.1) is 25.7 Å².